The number of rotatable bonds is 8. The first-order valence-electron chi connectivity index (χ1n) is 11.1. The van der Waals surface area contributed by atoms with Crippen LogP contribution in [0.15, 0.2) is 53.4 Å². The van der Waals surface area contributed by atoms with Crippen molar-refractivity contribution >= 4 is 50.6 Å². The number of carbonyl (C=O) groups is 1. The molecule has 4 rings (SSSR count). The molecule has 2 heterocycles. The average Bonchev–Trinajstić information content (AvgIpc) is 3.37. The zero-order chi connectivity index (χ0) is 25.2. The van der Waals surface area contributed by atoms with E-state index in [0.29, 0.717) is 5.13 Å². The molecule has 35 heavy (non-hydrogen) atoms. The second kappa shape index (κ2) is 10.2. The minimum Gasteiger partial charge on any atom is -0.497 e. The molecule has 0 atom stereocenters. The molecule has 10 heteroatoms. The molecule has 2 aromatic heterocycles. The second-order valence-electron chi connectivity index (χ2n) is 9.13. The number of amides is 1. The number of imidazole rings is 1. The van der Waals surface area contributed by atoms with Crippen LogP contribution >= 0.6 is 23.1 Å². The molecule has 0 saturated heterocycles. The van der Waals surface area contributed by atoms with Crippen molar-refractivity contribution in [3.8, 4) is 17.0 Å². The Bertz CT molecular complexity index is 1320. The van der Waals surface area contributed by atoms with Gasteiger partial charge in [0.2, 0.25) is 16.0 Å². The summed E-state index contributed by atoms with van der Waals surface area (Å²) >= 11 is 3.08. The van der Waals surface area contributed by atoms with E-state index in [2.05, 4.69) is 31.4 Å². The van der Waals surface area contributed by atoms with Crippen LogP contribution in [0.2, 0.25) is 0 Å². The molecule has 2 N–H and O–H groups in total. The van der Waals surface area contributed by atoms with Crippen LogP contribution < -0.4 is 20.3 Å². The largest absolute Gasteiger partial charge is 0.497 e. The molecule has 0 fully saturated rings. The summed E-state index contributed by atoms with van der Waals surface area (Å²) in [4.78, 5) is 21.2. The number of nitrogens with one attached hydrogen (secondary N) is 2. The molecule has 1 amide bonds. The number of methoxy groups -OCH3 is 1. The Kier molecular flexibility index (Phi) is 7.23. The molecule has 8 nitrogen and oxygen atoms in total. The van der Waals surface area contributed by atoms with E-state index in [1.807, 2.05) is 71.2 Å². The van der Waals surface area contributed by atoms with Crippen molar-refractivity contribution in [1.82, 2.24) is 14.6 Å². The molecule has 0 aliphatic heterocycles. The van der Waals surface area contributed by atoms with Gasteiger partial charge in [0, 0.05) is 28.7 Å². The van der Waals surface area contributed by atoms with Gasteiger partial charge in [0.05, 0.1) is 13.7 Å². The van der Waals surface area contributed by atoms with Crippen molar-refractivity contribution in [1.29, 1.82) is 0 Å². The first-order chi connectivity index (χ1) is 16.7. The number of fused-ring (bicyclic) bond motifs is 1. The van der Waals surface area contributed by atoms with E-state index in [1.54, 1.807) is 18.9 Å². The number of hydrogen-bond acceptors (Lipinski definition) is 8. The van der Waals surface area contributed by atoms with Crippen LogP contribution in [0.3, 0.4) is 0 Å². The first-order valence-corrected chi connectivity index (χ1v) is 13.2. The fourth-order valence-electron chi connectivity index (χ4n) is 3.49. The lowest BCUT2D eigenvalue weighted by molar-refractivity contribution is -0.114. The van der Waals surface area contributed by atoms with E-state index in [9.17, 15) is 4.79 Å². The summed E-state index contributed by atoms with van der Waals surface area (Å²) in [6.07, 6.45) is 2.01. The Labute approximate surface area is 213 Å². The highest BCUT2D eigenvalue weighted by molar-refractivity contribution is 7.98. The highest BCUT2D eigenvalue weighted by atomic mass is 32.2. The Morgan fingerprint density at radius 3 is 2.60 bits per heavy atom. The van der Waals surface area contributed by atoms with E-state index in [-0.39, 0.29) is 18.0 Å². The van der Waals surface area contributed by atoms with Crippen molar-refractivity contribution < 1.29 is 9.53 Å². The number of likely N-dealkylation sites (N-methyl/N-ethyl adjacent to an activating group) is 1. The predicted molar refractivity (Wildman–Crippen MR) is 146 cm³/mol. The SMILES string of the molecule is COc1ccc(-c2nc3sc(N(C)CC(=O)Nc4cccc(SC)c4)nn3c2NC(C)(C)C)cc1. The van der Waals surface area contributed by atoms with Crippen molar-refractivity contribution in [3.63, 3.8) is 0 Å². The number of hydrogen-bond donors (Lipinski definition) is 2. The van der Waals surface area contributed by atoms with Gasteiger partial charge in [-0.3, -0.25) is 4.79 Å². The lowest BCUT2D eigenvalue weighted by Crippen LogP contribution is -2.30. The Morgan fingerprint density at radius 2 is 1.94 bits per heavy atom. The van der Waals surface area contributed by atoms with Crippen molar-refractivity contribution in [2.75, 3.05) is 42.5 Å². The highest BCUT2D eigenvalue weighted by Gasteiger charge is 2.23. The molecule has 0 radical (unpaired) electrons. The van der Waals surface area contributed by atoms with E-state index in [0.717, 1.165) is 38.4 Å². The Morgan fingerprint density at radius 1 is 1.20 bits per heavy atom. The summed E-state index contributed by atoms with van der Waals surface area (Å²) in [6, 6.07) is 15.6. The zero-order valence-electron chi connectivity index (χ0n) is 20.7. The number of carbonyl (C=O) groups excluding carboxylic acids is 1. The van der Waals surface area contributed by atoms with E-state index in [1.165, 1.54) is 11.3 Å². The van der Waals surface area contributed by atoms with Gasteiger partial charge in [-0.05, 0) is 69.5 Å². The van der Waals surface area contributed by atoms with Crippen LogP contribution in [0.25, 0.3) is 16.2 Å². The third kappa shape index (κ3) is 5.88. The average molecular weight is 511 g/mol. The van der Waals surface area contributed by atoms with Gasteiger partial charge >= 0.3 is 0 Å². The van der Waals surface area contributed by atoms with Crippen LogP contribution in [-0.4, -0.2) is 53.0 Å². The molecule has 0 unspecified atom stereocenters. The molecule has 0 spiro atoms. The third-order valence-electron chi connectivity index (χ3n) is 5.11. The topological polar surface area (TPSA) is 83.8 Å². The number of anilines is 3. The summed E-state index contributed by atoms with van der Waals surface area (Å²) < 4.78 is 7.11. The van der Waals surface area contributed by atoms with Crippen LogP contribution in [0, 0.1) is 0 Å². The zero-order valence-corrected chi connectivity index (χ0v) is 22.4. The number of thioether (sulfide) groups is 1. The van der Waals surface area contributed by atoms with Crippen LogP contribution in [0.5, 0.6) is 5.75 Å². The second-order valence-corrected chi connectivity index (χ2v) is 10.9. The van der Waals surface area contributed by atoms with Crippen LogP contribution in [-0.2, 0) is 4.79 Å². The summed E-state index contributed by atoms with van der Waals surface area (Å²) in [5, 5.41) is 12.0. The molecule has 0 aliphatic carbocycles. The quantitative estimate of drug-likeness (QED) is 0.304. The normalized spacial score (nSPS) is 11.5. The molecule has 0 aliphatic rings. The molecular formula is C25H30N6O2S2. The Hall–Kier alpha value is -3.24. The third-order valence-corrected chi connectivity index (χ3v) is 6.86. The predicted octanol–water partition coefficient (Wildman–Crippen LogP) is 5.47. The van der Waals surface area contributed by atoms with E-state index >= 15 is 0 Å². The Balaban J connectivity index is 1.58. The van der Waals surface area contributed by atoms with Crippen molar-refractivity contribution in [2.45, 2.75) is 31.2 Å². The monoisotopic (exact) mass is 510 g/mol. The minimum atomic E-state index is -0.196. The lowest BCUT2D eigenvalue weighted by Gasteiger charge is -2.22. The van der Waals surface area contributed by atoms with Gasteiger partial charge < -0.3 is 20.3 Å². The number of ether oxygens (including phenoxy) is 1. The van der Waals surface area contributed by atoms with Gasteiger partial charge in [-0.1, -0.05) is 17.4 Å². The highest BCUT2D eigenvalue weighted by Crippen LogP contribution is 2.35. The number of aromatic nitrogens is 3. The molecule has 4 aromatic rings. The minimum absolute atomic E-state index is 0.106. The van der Waals surface area contributed by atoms with Crippen molar-refractivity contribution in [2.24, 2.45) is 0 Å². The molecule has 0 bridgehead atoms. The summed E-state index contributed by atoms with van der Waals surface area (Å²) in [5.41, 5.74) is 2.38. The van der Waals surface area contributed by atoms with Gasteiger partial charge in [-0.2, -0.15) is 4.52 Å². The smallest absolute Gasteiger partial charge is 0.243 e. The fourth-order valence-corrected chi connectivity index (χ4v) is 4.82. The van der Waals surface area contributed by atoms with Crippen LogP contribution in [0.4, 0.5) is 16.6 Å². The summed E-state index contributed by atoms with van der Waals surface area (Å²) in [5.74, 6) is 1.50. The molecule has 2 aromatic carbocycles. The lowest BCUT2D eigenvalue weighted by atomic mass is 10.1. The van der Waals surface area contributed by atoms with Gasteiger partial charge in [-0.15, -0.1) is 16.9 Å². The maximum atomic E-state index is 12.7. The molecular weight excluding hydrogens is 480 g/mol. The van der Waals surface area contributed by atoms with Gasteiger partial charge in [0.1, 0.15) is 11.4 Å². The van der Waals surface area contributed by atoms with Crippen molar-refractivity contribution in [3.05, 3.63) is 48.5 Å². The van der Waals surface area contributed by atoms with Gasteiger partial charge in [-0.25, -0.2) is 4.98 Å². The molecule has 0 saturated carbocycles. The first kappa shape index (κ1) is 24.9. The van der Waals surface area contributed by atoms with E-state index in [4.69, 9.17) is 14.8 Å². The summed E-state index contributed by atoms with van der Waals surface area (Å²) in [7, 11) is 3.51. The number of nitrogens with zero attached hydrogens (tertiary/aromatic N) is 4. The maximum Gasteiger partial charge on any atom is 0.243 e. The standard InChI is InChI=1S/C25H30N6O2S2/c1-25(2,3)28-22-21(16-10-12-18(33-5)13-11-16)27-23-31(22)29-24(35-23)30(4)15-20(32)26-17-8-7-9-19(14-17)34-6/h7-14,28H,15H2,1-6H3,(H,26,32). The van der Waals surface area contributed by atoms with Crippen LogP contribution in [0.1, 0.15) is 20.8 Å². The maximum absolute atomic E-state index is 12.7. The number of benzene rings is 2. The van der Waals surface area contributed by atoms with E-state index < -0.39 is 0 Å². The van der Waals surface area contributed by atoms with Gasteiger partial charge in [0.25, 0.3) is 0 Å². The summed E-state index contributed by atoms with van der Waals surface area (Å²) in [6.45, 7) is 6.47. The molecule has 184 valence electrons. The van der Waals surface area contributed by atoms with Gasteiger partial charge in [0.15, 0.2) is 5.82 Å². The fraction of sp³-hybridized carbons (Fsp3) is 0.320.